The van der Waals surface area contributed by atoms with Gasteiger partial charge in [-0.1, -0.05) is 6.92 Å². The van der Waals surface area contributed by atoms with Gasteiger partial charge in [-0.05, 0) is 42.0 Å². The summed E-state index contributed by atoms with van der Waals surface area (Å²) < 4.78 is 26.6. The number of rotatable bonds is 8. The lowest BCUT2D eigenvalue weighted by Crippen LogP contribution is -2.43. The summed E-state index contributed by atoms with van der Waals surface area (Å²) in [5, 5.41) is 9.48. The molecule has 0 fully saturated rings. The molecule has 0 saturated carbocycles. The van der Waals surface area contributed by atoms with Crippen LogP contribution in [-0.4, -0.2) is 29.1 Å². The molecular formula is C14H19F2NO2S. The molecule has 1 aromatic carbocycles. The number of nitrogens with two attached hydrogens (primary N) is 1. The number of aliphatic carboxylic acids is 1. The number of hydrogen-bond donors (Lipinski definition) is 2. The standard InChI is InChI=1S/C14H19F2NO2S/c1-2-20-5-3-4-14(9-17,13(18)19)10-6-11(15)8-12(16)7-10/h6-8H,2-5,9,17H2,1H3,(H,18,19). The van der Waals surface area contributed by atoms with Crippen molar-refractivity contribution in [2.45, 2.75) is 25.2 Å². The molecule has 3 N–H and O–H groups in total. The molecule has 0 aliphatic heterocycles. The Labute approximate surface area is 121 Å². The molecule has 0 radical (unpaired) electrons. The van der Waals surface area contributed by atoms with Crippen molar-refractivity contribution in [2.75, 3.05) is 18.1 Å². The number of halogens is 2. The minimum atomic E-state index is -1.43. The van der Waals surface area contributed by atoms with E-state index in [1.165, 1.54) is 0 Å². The number of carbonyl (C=O) groups is 1. The van der Waals surface area contributed by atoms with Crippen LogP contribution in [0.5, 0.6) is 0 Å². The first-order valence-corrected chi connectivity index (χ1v) is 7.59. The molecule has 0 amide bonds. The van der Waals surface area contributed by atoms with E-state index in [4.69, 9.17) is 5.73 Å². The maximum absolute atomic E-state index is 13.3. The van der Waals surface area contributed by atoms with Gasteiger partial charge in [0.1, 0.15) is 17.0 Å². The van der Waals surface area contributed by atoms with E-state index in [1.54, 1.807) is 11.8 Å². The zero-order valence-corrected chi connectivity index (χ0v) is 12.2. The Kier molecular flexibility index (Phi) is 6.42. The van der Waals surface area contributed by atoms with Crippen molar-refractivity contribution in [1.29, 1.82) is 0 Å². The van der Waals surface area contributed by atoms with Crippen LogP contribution in [0, 0.1) is 11.6 Å². The van der Waals surface area contributed by atoms with Gasteiger partial charge in [-0.25, -0.2) is 8.78 Å². The summed E-state index contributed by atoms with van der Waals surface area (Å²) in [6, 6.07) is 2.83. The van der Waals surface area contributed by atoms with E-state index >= 15 is 0 Å². The lowest BCUT2D eigenvalue weighted by molar-refractivity contribution is -0.143. The highest BCUT2D eigenvalue weighted by Crippen LogP contribution is 2.31. The third-order valence-electron chi connectivity index (χ3n) is 3.27. The lowest BCUT2D eigenvalue weighted by Gasteiger charge is -2.28. The fourth-order valence-corrected chi connectivity index (χ4v) is 2.77. The monoisotopic (exact) mass is 303 g/mol. The highest BCUT2D eigenvalue weighted by atomic mass is 32.2. The van der Waals surface area contributed by atoms with Gasteiger partial charge in [-0.3, -0.25) is 4.79 Å². The fraction of sp³-hybridized carbons (Fsp3) is 0.500. The molecule has 112 valence electrons. The molecule has 1 aromatic rings. The van der Waals surface area contributed by atoms with E-state index in [-0.39, 0.29) is 18.5 Å². The molecule has 0 saturated heterocycles. The first kappa shape index (κ1) is 16.9. The van der Waals surface area contributed by atoms with Crippen LogP contribution in [0.2, 0.25) is 0 Å². The van der Waals surface area contributed by atoms with E-state index in [0.29, 0.717) is 6.42 Å². The third-order valence-corrected chi connectivity index (χ3v) is 4.25. The van der Waals surface area contributed by atoms with Crippen molar-refractivity contribution < 1.29 is 18.7 Å². The third kappa shape index (κ3) is 3.93. The first-order chi connectivity index (χ1) is 9.46. The van der Waals surface area contributed by atoms with Gasteiger partial charge in [0, 0.05) is 12.6 Å². The summed E-state index contributed by atoms with van der Waals surface area (Å²) in [5.74, 6) is -0.990. The molecule has 1 atom stereocenters. The van der Waals surface area contributed by atoms with Crippen molar-refractivity contribution in [3.63, 3.8) is 0 Å². The van der Waals surface area contributed by atoms with Crippen LogP contribution in [0.1, 0.15) is 25.3 Å². The van der Waals surface area contributed by atoms with E-state index in [9.17, 15) is 18.7 Å². The molecule has 0 spiro atoms. The van der Waals surface area contributed by atoms with Crippen LogP contribution >= 0.6 is 11.8 Å². The summed E-state index contributed by atoms with van der Waals surface area (Å²) in [5.41, 5.74) is 4.28. The predicted molar refractivity (Wildman–Crippen MR) is 77.0 cm³/mol. The number of hydrogen-bond acceptors (Lipinski definition) is 3. The summed E-state index contributed by atoms with van der Waals surface area (Å²) in [6.07, 6.45) is 0.884. The smallest absolute Gasteiger partial charge is 0.315 e. The largest absolute Gasteiger partial charge is 0.481 e. The van der Waals surface area contributed by atoms with E-state index in [1.807, 2.05) is 6.92 Å². The highest BCUT2D eigenvalue weighted by molar-refractivity contribution is 7.99. The van der Waals surface area contributed by atoms with Gasteiger partial charge in [0.2, 0.25) is 0 Å². The van der Waals surface area contributed by atoms with Gasteiger partial charge in [0.25, 0.3) is 0 Å². The maximum Gasteiger partial charge on any atom is 0.315 e. The molecule has 0 aliphatic rings. The number of benzene rings is 1. The SMILES string of the molecule is CCSCCCC(CN)(C(=O)O)c1cc(F)cc(F)c1. The van der Waals surface area contributed by atoms with Crippen LogP contribution < -0.4 is 5.73 Å². The topological polar surface area (TPSA) is 63.3 Å². The molecule has 0 aromatic heterocycles. The van der Waals surface area contributed by atoms with Gasteiger partial charge >= 0.3 is 5.97 Å². The Morgan fingerprint density at radius 1 is 1.35 bits per heavy atom. The Hall–Kier alpha value is -1.14. The Morgan fingerprint density at radius 3 is 2.40 bits per heavy atom. The molecule has 6 heteroatoms. The molecule has 20 heavy (non-hydrogen) atoms. The molecule has 0 heterocycles. The Bertz CT molecular complexity index is 450. The van der Waals surface area contributed by atoms with Gasteiger partial charge in [-0.15, -0.1) is 0 Å². The van der Waals surface area contributed by atoms with Gasteiger partial charge in [0.05, 0.1) is 0 Å². The lowest BCUT2D eigenvalue weighted by atomic mass is 9.76. The number of carboxylic acids is 1. The Morgan fingerprint density at radius 2 is 1.95 bits per heavy atom. The average Bonchev–Trinajstić information content (AvgIpc) is 2.37. The number of carboxylic acid groups (broad SMARTS) is 1. The van der Waals surface area contributed by atoms with Crippen molar-refractivity contribution >= 4 is 17.7 Å². The quantitative estimate of drug-likeness (QED) is 0.725. The highest BCUT2D eigenvalue weighted by Gasteiger charge is 2.39. The number of thioether (sulfide) groups is 1. The van der Waals surface area contributed by atoms with E-state index in [0.717, 1.165) is 29.7 Å². The first-order valence-electron chi connectivity index (χ1n) is 6.44. The van der Waals surface area contributed by atoms with Crippen molar-refractivity contribution in [2.24, 2.45) is 5.73 Å². The predicted octanol–water partition coefficient (Wildman–Crippen LogP) is 2.78. The summed E-state index contributed by atoms with van der Waals surface area (Å²) in [4.78, 5) is 11.6. The second kappa shape index (κ2) is 7.59. The van der Waals surface area contributed by atoms with E-state index < -0.39 is 23.0 Å². The molecular weight excluding hydrogens is 284 g/mol. The van der Waals surface area contributed by atoms with Crippen LogP contribution in [0.25, 0.3) is 0 Å². The van der Waals surface area contributed by atoms with Crippen LogP contribution in [-0.2, 0) is 10.2 Å². The van der Waals surface area contributed by atoms with Crippen LogP contribution in [0.3, 0.4) is 0 Å². The van der Waals surface area contributed by atoms with Crippen molar-refractivity contribution in [1.82, 2.24) is 0 Å². The fourth-order valence-electron chi connectivity index (χ4n) is 2.13. The summed E-state index contributed by atoms with van der Waals surface area (Å²) >= 11 is 1.69. The van der Waals surface area contributed by atoms with Crippen molar-refractivity contribution in [3.05, 3.63) is 35.4 Å². The minimum absolute atomic E-state index is 0.0894. The zero-order chi connectivity index (χ0) is 15.2. The van der Waals surface area contributed by atoms with Gasteiger partial charge in [0.15, 0.2) is 0 Å². The summed E-state index contributed by atoms with van der Waals surface area (Å²) in [6.45, 7) is 1.82. The van der Waals surface area contributed by atoms with Gasteiger partial charge < -0.3 is 10.8 Å². The second-order valence-electron chi connectivity index (χ2n) is 4.55. The molecule has 1 unspecified atom stereocenters. The van der Waals surface area contributed by atoms with Crippen molar-refractivity contribution in [3.8, 4) is 0 Å². The summed E-state index contributed by atoms with van der Waals surface area (Å²) in [7, 11) is 0. The molecule has 1 rings (SSSR count). The second-order valence-corrected chi connectivity index (χ2v) is 5.94. The molecule has 0 bridgehead atoms. The minimum Gasteiger partial charge on any atom is -0.481 e. The maximum atomic E-state index is 13.3. The van der Waals surface area contributed by atoms with Gasteiger partial charge in [-0.2, -0.15) is 11.8 Å². The normalized spacial score (nSPS) is 14.0. The molecule has 0 aliphatic carbocycles. The van der Waals surface area contributed by atoms with E-state index in [2.05, 4.69) is 0 Å². The van der Waals surface area contributed by atoms with Crippen LogP contribution in [0.15, 0.2) is 18.2 Å². The average molecular weight is 303 g/mol. The molecule has 3 nitrogen and oxygen atoms in total. The zero-order valence-electron chi connectivity index (χ0n) is 11.4. The Balaban J connectivity index is 3.06. The van der Waals surface area contributed by atoms with Crippen LogP contribution in [0.4, 0.5) is 8.78 Å².